The molecule has 0 saturated carbocycles. The van der Waals surface area contributed by atoms with Crippen molar-refractivity contribution in [2.75, 3.05) is 17.7 Å². The van der Waals surface area contributed by atoms with Gasteiger partial charge in [0.1, 0.15) is 29.8 Å². The van der Waals surface area contributed by atoms with Crippen LogP contribution in [0.5, 0.6) is 0 Å². The van der Waals surface area contributed by atoms with E-state index in [1.54, 1.807) is 18.3 Å². The average molecular weight is 352 g/mol. The lowest BCUT2D eigenvalue weighted by atomic mass is 10.3. The molecule has 0 aromatic carbocycles. The van der Waals surface area contributed by atoms with Gasteiger partial charge in [0.2, 0.25) is 5.91 Å². The molecule has 2 rings (SSSR count). The lowest BCUT2D eigenvalue weighted by Gasteiger charge is -2.00. The number of nitrogens with one attached hydrogen (secondary N) is 2. The first-order chi connectivity index (χ1) is 12.6. The van der Waals surface area contributed by atoms with Gasteiger partial charge in [-0.15, -0.1) is 0 Å². The van der Waals surface area contributed by atoms with E-state index in [-0.39, 0.29) is 12.1 Å². The van der Waals surface area contributed by atoms with Crippen LogP contribution < -0.4 is 10.6 Å². The first-order valence-corrected chi connectivity index (χ1v) is 7.76. The molecule has 0 unspecified atom stereocenters. The maximum atomic E-state index is 10.9. The normalized spacial score (nSPS) is 8.19. The Bertz CT molecular complexity index is 758. The molecule has 0 radical (unpaired) electrons. The van der Waals surface area contributed by atoms with Crippen molar-refractivity contribution < 1.29 is 9.59 Å². The van der Waals surface area contributed by atoms with E-state index in [2.05, 4.69) is 20.6 Å². The molecule has 2 heterocycles. The van der Waals surface area contributed by atoms with Gasteiger partial charge in [-0.1, -0.05) is 13.8 Å². The predicted octanol–water partition coefficient (Wildman–Crippen LogP) is 2.50. The van der Waals surface area contributed by atoms with Crippen molar-refractivity contribution in [2.45, 2.75) is 20.3 Å². The fourth-order valence-corrected chi connectivity index (χ4v) is 1.43. The summed E-state index contributed by atoms with van der Waals surface area (Å²) in [5.74, 6) is -0.397. The highest BCUT2D eigenvalue weighted by atomic mass is 16.2. The molecule has 0 spiro atoms. The molecule has 0 aliphatic rings. The fourth-order valence-electron chi connectivity index (χ4n) is 1.43. The number of hydrogen-bond acceptors (Lipinski definition) is 7. The average Bonchev–Trinajstić information content (AvgIpc) is 2.71. The van der Waals surface area contributed by atoms with Gasteiger partial charge in [-0.3, -0.25) is 4.79 Å². The molecule has 1 amide bonds. The molecule has 0 aliphatic carbocycles. The summed E-state index contributed by atoms with van der Waals surface area (Å²) in [5, 5.41) is 22.2. The number of hydrogen-bond donors (Lipinski definition) is 2. The molecule has 0 saturated heterocycles. The van der Waals surface area contributed by atoms with Crippen LogP contribution in [0.1, 0.15) is 31.7 Å². The largest absolute Gasteiger partial charge is 0.387 e. The molecule has 0 bridgehead atoms. The van der Waals surface area contributed by atoms with Crippen LogP contribution in [-0.4, -0.2) is 29.2 Å². The molecule has 0 aliphatic heterocycles. The number of anilines is 2. The molecule has 2 aromatic rings. The van der Waals surface area contributed by atoms with E-state index in [1.807, 2.05) is 39.1 Å². The van der Waals surface area contributed by atoms with Gasteiger partial charge >= 0.3 is 0 Å². The van der Waals surface area contributed by atoms with Crippen molar-refractivity contribution in [1.29, 1.82) is 10.5 Å². The van der Waals surface area contributed by atoms with Crippen LogP contribution in [0.15, 0.2) is 36.7 Å². The summed E-state index contributed by atoms with van der Waals surface area (Å²) in [6.45, 7) is 4.00. The third-order valence-corrected chi connectivity index (χ3v) is 2.60. The number of rotatable bonds is 4. The summed E-state index contributed by atoms with van der Waals surface area (Å²) in [5.41, 5.74) is 2.10. The van der Waals surface area contributed by atoms with Crippen molar-refractivity contribution in [2.24, 2.45) is 0 Å². The lowest BCUT2D eigenvalue weighted by Crippen LogP contribution is -2.11. The zero-order chi connectivity index (χ0) is 19.8. The standard InChI is InChI=1S/C9H7N3O2.C7H7N3.C2H6/c10-5-7-1-2-8(6-11-7)12-9(14)3-4-13;1-9-7-3-2-6(4-8)10-5-7;1-2/h1-2,4,6H,3H2,(H,12,14);2-3,5,9H,1H3;1-2H3. The van der Waals surface area contributed by atoms with Gasteiger partial charge in [-0.2, -0.15) is 10.5 Å². The second-order valence-electron chi connectivity index (χ2n) is 4.26. The van der Waals surface area contributed by atoms with Gasteiger partial charge in [0.25, 0.3) is 0 Å². The van der Waals surface area contributed by atoms with Crippen molar-refractivity contribution in [3.8, 4) is 12.1 Å². The predicted molar refractivity (Wildman–Crippen MR) is 98.1 cm³/mol. The number of nitrogens with zero attached hydrogens (tertiary/aromatic N) is 4. The molecule has 134 valence electrons. The van der Waals surface area contributed by atoms with Crippen molar-refractivity contribution in [3.05, 3.63) is 48.0 Å². The highest BCUT2D eigenvalue weighted by molar-refractivity contribution is 5.97. The molecule has 0 atom stereocenters. The minimum absolute atomic E-state index is 0.181. The number of aromatic nitrogens is 2. The van der Waals surface area contributed by atoms with Crippen LogP contribution >= 0.6 is 0 Å². The summed E-state index contributed by atoms with van der Waals surface area (Å²) in [7, 11) is 1.81. The minimum Gasteiger partial charge on any atom is -0.387 e. The smallest absolute Gasteiger partial charge is 0.231 e. The summed E-state index contributed by atoms with van der Waals surface area (Å²) < 4.78 is 0. The number of carbonyl (C=O) groups excluding carboxylic acids is 2. The maximum Gasteiger partial charge on any atom is 0.231 e. The Kier molecular flexibility index (Phi) is 11.7. The second-order valence-corrected chi connectivity index (χ2v) is 4.26. The highest BCUT2D eigenvalue weighted by Gasteiger charge is 2.00. The summed E-state index contributed by atoms with van der Waals surface area (Å²) in [6, 6.07) is 10.3. The van der Waals surface area contributed by atoms with Gasteiger partial charge in [-0.05, 0) is 24.3 Å². The molecule has 2 aromatic heterocycles. The van der Waals surface area contributed by atoms with Gasteiger partial charge in [-0.25, -0.2) is 9.97 Å². The SMILES string of the molecule is CC.CNc1ccc(C#N)nc1.N#Cc1ccc(NC(=O)CC=O)cn1. The Balaban J connectivity index is 0.000000458. The molecule has 8 heteroatoms. The first-order valence-electron chi connectivity index (χ1n) is 7.76. The zero-order valence-electron chi connectivity index (χ0n) is 14.9. The van der Waals surface area contributed by atoms with Crippen LogP contribution in [0.25, 0.3) is 0 Å². The topological polar surface area (TPSA) is 132 Å². The van der Waals surface area contributed by atoms with E-state index >= 15 is 0 Å². The Morgan fingerprint density at radius 3 is 1.88 bits per heavy atom. The van der Waals surface area contributed by atoms with Gasteiger partial charge in [0.05, 0.1) is 30.2 Å². The first kappa shape index (κ1) is 22.2. The van der Waals surface area contributed by atoms with E-state index in [0.717, 1.165) is 5.69 Å². The van der Waals surface area contributed by atoms with Crippen molar-refractivity contribution in [3.63, 3.8) is 0 Å². The van der Waals surface area contributed by atoms with E-state index in [9.17, 15) is 9.59 Å². The fraction of sp³-hybridized carbons (Fsp3) is 0.222. The quantitative estimate of drug-likeness (QED) is 0.638. The number of carbonyl (C=O) groups is 2. The highest BCUT2D eigenvalue weighted by Crippen LogP contribution is 2.05. The Labute approximate surface area is 152 Å². The maximum absolute atomic E-state index is 10.9. The van der Waals surface area contributed by atoms with E-state index in [4.69, 9.17) is 10.5 Å². The van der Waals surface area contributed by atoms with Gasteiger partial charge in [0.15, 0.2) is 0 Å². The third-order valence-electron chi connectivity index (χ3n) is 2.60. The molecule has 2 N–H and O–H groups in total. The van der Waals surface area contributed by atoms with Crippen LogP contribution in [0.4, 0.5) is 11.4 Å². The van der Waals surface area contributed by atoms with E-state index in [0.29, 0.717) is 17.7 Å². The van der Waals surface area contributed by atoms with Crippen molar-refractivity contribution >= 4 is 23.6 Å². The monoisotopic (exact) mass is 352 g/mol. The number of nitriles is 2. The number of pyridine rings is 2. The van der Waals surface area contributed by atoms with Gasteiger partial charge in [0, 0.05) is 7.05 Å². The summed E-state index contributed by atoms with van der Waals surface area (Å²) in [4.78, 5) is 28.5. The van der Waals surface area contributed by atoms with E-state index in [1.165, 1.54) is 12.3 Å². The lowest BCUT2D eigenvalue weighted by molar-refractivity contribution is -0.119. The number of aldehydes is 1. The minimum atomic E-state index is -0.397. The molecule has 0 fully saturated rings. The Hall–Kier alpha value is -3.78. The molecule has 8 nitrogen and oxygen atoms in total. The van der Waals surface area contributed by atoms with Crippen LogP contribution in [0.3, 0.4) is 0 Å². The van der Waals surface area contributed by atoms with Crippen LogP contribution in [-0.2, 0) is 9.59 Å². The summed E-state index contributed by atoms with van der Waals surface area (Å²) in [6.07, 6.45) is 3.33. The molecular weight excluding hydrogens is 332 g/mol. The van der Waals surface area contributed by atoms with Crippen LogP contribution in [0.2, 0.25) is 0 Å². The Morgan fingerprint density at radius 1 is 1.04 bits per heavy atom. The molecular formula is C18H20N6O2. The summed E-state index contributed by atoms with van der Waals surface area (Å²) >= 11 is 0. The third kappa shape index (κ3) is 8.75. The van der Waals surface area contributed by atoms with E-state index < -0.39 is 5.91 Å². The molecule has 26 heavy (non-hydrogen) atoms. The van der Waals surface area contributed by atoms with Gasteiger partial charge < -0.3 is 15.4 Å². The van der Waals surface area contributed by atoms with Crippen LogP contribution in [0, 0.1) is 22.7 Å². The van der Waals surface area contributed by atoms with Crippen molar-refractivity contribution in [1.82, 2.24) is 9.97 Å². The Morgan fingerprint density at radius 2 is 1.54 bits per heavy atom. The second kappa shape index (κ2) is 13.6. The number of amides is 1. The zero-order valence-corrected chi connectivity index (χ0v) is 14.9.